The van der Waals surface area contributed by atoms with Crippen molar-refractivity contribution in [3.05, 3.63) is 0 Å². The van der Waals surface area contributed by atoms with Crippen LogP contribution in [0.25, 0.3) is 0 Å². The van der Waals surface area contributed by atoms with Gasteiger partial charge in [0.2, 0.25) is 10.0 Å². The number of ketones is 1. The summed E-state index contributed by atoms with van der Waals surface area (Å²) in [5.41, 5.74) is -0.911. The second kappa shape index (κ2) is 5.28. The van der Waals surface area contributed by atoms with Crippen molar-refractivity contribution in [1.29, 1.82) is 0 Å². The number of carbonyl (C=O) groups is 1. The highest BCUT2D eigenvalue weighted by molar-refractivity contribution is 7.89. The Morgan fingerprint density at radius 2 is 2.09 bits per heavy atom. The Hall–Kier alpha value is -0.460. The van der Waals surface area contributed by atoms with Crippen molar-refractivity contribution in [1.82, 2.24) is 4.72 Å². The van der Waals surface area contributed by atoms with Crippen LogP contribution in [0.15, 0.2) is 0 Å². The summed E-state index contributed by atoms with van der Waals surface area (Å²) in [7, 11) is -3.50. The number of rotatable bonds is 5. The predicted octanol–water partition coefficient (Wildman–Crippen LogP) is 1.87. The number of hydrogen-bond acceptors (Lipinski definition) is 4. The largest absolute Gasteiger partial charge is 0.377 e. The van der Waals surface area contributed by atoms with Crippen LogP contribution in [0, 0.1) is 16.7 Å². The lowest BCUT2D eigenvalue weighted by Gasteiger charge is -2.36. The number of sulfonamides is 1. The number of Topliss-reactive ketones (excluding diaryl/α,β-unsaturated/α-hetero) is 1. The molecule has 0 unspecified atom stereocenters. The Kier molecular flexibility index (Phi) is 3.94. The van der Waals surface area contributed by atoms with E-state index in [9.17, 15) is 13.2 Å². The van der Waals surface area contributed by atoms with E-state index < -0.39 is 15.4 Å². The maximum absolute atomic E-state index is 12.7. The number of nitrogens with one attached hydrogen (secondary N) is 1. The first-order chi connectivity index (χ1) is 10.2. The molecule has 2 bridgehead atoms. The van der Waals surface area contributed by atoms with Gasteiger partial charge in [0, 0.05) is 24.5 Å². The minimum Gasteiger partial charge on any atom is -0.377 e. The maximum Gasteiger partial charge on any atom is 0.212 e. The fourth-order valence-corrected chi connectivity index (χ4v) is 6.96. The molecule has 0 radical (unpaired) electrons. The van der Waals surface area contributed by atoms with Crippen LogP contribution in [-0.2, 0) is 19.6 Å². The lowest BCUT2D eigenvalue weighted by molar-refractivity contribution is -0.128. The van der Waals surface area contributed by atoms with Gasteiger partial charge in [-0.2, -0.15) is 0 Å². The third kappa shape index (κ3) is 2.43. The van der Waals surface area contributed by atoms with Gasteiger partial charge in [0.25, 0.3) is 0 Å². The Morgan fingerprint density at radius 3 is 2.59 bits per heavy atom. The summed E-state index contributed by atoms with van der Waals surface area (Å²) in [5.74, 6) is 0.411. The van der Waals surface area contributed by atoms with Gasteiger partial charge in [-0.05, 0) is 43.9 Å². The molecular formula is C16H27NO4S. The molecule has 5 nitrogen and oxygen atoms in total. The van der Waals surface area contributed by atoms with Crippen LogP contribution in [0.3, 0.4) is 0 Å². The minimum absolute atomic E-state index is 0.0455. The highest BCUT2D eigenvalue weighted by atomic mass is 32.2. The number of fused-ring (bicyclic) bond motifs is 2. The molecule has 3 rings (SSSR count). The van der Waals surface area contributed by atoms with Crippen LogP contribution >= 0.6 is 0 Å². The summed E-state index contributed by atoms with van der Waals surface area (Å²) < 4.78 is 33.6. The molecule has 22 heavy (non-hydrogen) atoms. The molecule has 0 spiro atoms. The third-order valence-electron chi connectivity index (χ3n) is 6.46. The van der Waals surface area contributed by atoms with E-state index in [0.29, 0.717) is 25.4 Å². The molecule has 4 atom stereocenters. The molecule has 3 aliphatic rings. The molecule has 1 N–H and O–H groups in total. The molecular weight excluding hydrogens is 302 g/mol. The normalized spacial score (nSPS) is 38.6. The molecule has 1 saturated heterocycles. The molecule has 126 valence electrons. The summed E-state index contributed by atoms with van der Waals surface area (Å²) in [6, 6.07) is -0.235. The Bertz CT molecular complexity index is 565. The highest BCUT2D eigenvalue weighted by Crippen LogP contribution is 2.64. The summed E-state index contributed by atoms with van der Waals surface area (Å²) in [4.78, 5) is 12.5. The van der Waals surface area contributed by atoms with Crippen molar-refractivity contribution in [2.45, 2.75) is 65.0 Å². The summed E-state index contributed by atoms with van der Waals surface area (Å²) >= 11 is 0. The fourth-order valence-electron chi connectivity index (χ4n) is 4.83. The average Bonchev–Trinajstić information content (AvgIpc) is 3.04. The fraction of sp³-hybridized carbons (Fsp3) is 0.938. The molecule has 2 saturated carbocycles. The molecule has 1 aliphatic heterocycles. The van der Waals surface area contributed by atoms with Crippen LogP contribution in [0.1, 0.15) is 52.9 Å². The number of ether oxygens (including phenoxy) is 1. The first-order valence-electron chi connectivity index (χ1n) is 8.33. The van der Waals surface area contributed by atoms with Gasteiger partial charge in [-0.25, -0.2) is 13.1 Å². The van der Waals surface area contributed by atoms with Crippen LogP contribution in [0.5, 0.6) is 0 Å². The quantitative estimate of drug-likeness (QED) is 0.836. The van der Waals surface area contributed by atoms with Gasteiger partial charge in [-0.3, -0.25) is 4.79 Å². The molecule has 0 amide bonds. The smallest absolute Gasteiger partial charge is 0.212 e. The van der Waals surface area contributed by atoms with Gasteiger partial charge < -0.3 is 4.74 Å². The zero-order valence-electron chi connectivity index (χ0n) is 13.7. The molecule has 1 heterocycles. The van der Waals surface area contributed by atoms with E-state index in [0.717, 1.165) is 19.3 Å². The third-order valence-corrected chi connectivity index (χ3v) is 8.07. The Morgan fingerprint density at radius 1 is 1.36 bits per heavy atom. The van der Waals surface area contributed by atoms with E-state index in [1.807, 2.05) is 6.92 Å². The summed E-state index contributed by atoms with van der Waals surface area (Å²) in [6.07, 6.45) is 4.05. The summed E-state index contributed by atoms with van der Waals surface area (Å²) in [6.45, 7) is 6.68. The van der Waals surface area contributed by atoms with Crippen molar-refractivity contribution >= 4 is 15.8 Å². The second-order valence-electron chi connectivity index (χ2n) is 7.88. The zero-order valence-corrected chi connectivity index (χ0v) is 14.5. The van der Waals surface area contributed by atoms with Gasteiger partial charge in [-0.15, -0.1) is 0 Å². The number of hydrogen-bond donors (Lipinski definition) is 1. The van der Waals surface area contributed by atoms with Crippen molar-refractivity contribution in [2.75, 3.05) is 12.4 Å². The van der Waals surface area contributed by atoms with Gasteiger partial charge in [-0.1, -0.05) is 13.8 Å². The second-order valence-corrected chi connectivity index (χ2v) is 9.64. The van der Waals surface area contributed by atoms with Crippen molar-refractivity contribution < 1.29 is 17.9 Å². The van der Waals surface area contributed by atoms with Crippen molar-refractivity contribution in [3.8, 4) is 0 Å². The highest BCUT2D eigenvalue weighted by Gasteiger charge is 2.65. The van der Waals surface area contributed by atoms with Gasteiger partial charge in [0.15, 0.2) is 0 Å². The van der Waals surface area contributed by atoms with Gasteiger partial charge in [0.05, 0.1) is 11.9 Å². The molecule has 0 aromatic rings. The Balaban J connectivity index is 1.75. The van der Waals surface area contributed by atoms with Crippen LogP contribution in [0.4, 0.5) is 0 Å². The van der Waals surface area contributed by atoms with Crippen LogP contribution in [0.2, 0.25) is 0 Å². The maximum atomic E-state index is 12.7. The topological polar surface area (TPSA) is 72.5 Å². The molecule has 0 aromatic heterocycles. The van der Waals surface area contributed by atoms with Crippen molar-refractivity contribution in [2.24, 2.45) is 16.7 Å². The first kappa shape index (κ1) is 16.4. The molecule has 0 aromatic carbocycles. The molecule has 3 fully saturated rings. The SMILES string of the molecule is C[C@H](NS(=O)(=O)C[C@@]12CC[C@@H](CC1=O)C2(C)C)[C@H]1CCCO1. The minimum atomic E-state index is -3.50. The van der Waals surface area contributed by atoms with Crippen LogP contribution < -0.4 is 4.72 Å². The van der Waals surface area contributed by atoms with E-state index in [1.54, 1.807) is 0 Å². The summed E-state index contributed by atoms with van der Waals surface area (Å²) in [5, 5.41) is 0. The van der Waals surface area contributed by atoms with Gasteiger partial charge >= 0.3 is 0 Å². The van der Waals surface area contributed by atoms with Crippen molar-refractivity contribution in [3.63, 3.8) is 0 Å². The van der Waals surface area contributed by atoms with E-state index in [4.69, 9.17) is 4.74 Å². The van der Waals surface area contributed by atoms with Gasteiger partial charge in [0.1, 0.15) is 5.78 Å². The van der Waals surface area contributed by atoms with Crippen LogP contribution in [-0.4, -0.2) is 38.7 Å². The molecule has 6 heteroatoms. The lowest BCUT2D eigenvalue weighted by atomic mass is 9.70. The monoisotopic (exact) mass is 329 g/mol. The average molecular weight is 329 g/mol. The lowest BCUT2D eigenvalue weighted by Crippen LogP contribution is -2.49. The molecule has 2 aliphatic carbocycles. The van der Waals surface area contributed by atoms with E-state index in [1.165, 1.54) is 0 Å². The van der Waals surface area contributed by atoms with E-state index in [-0.39, 0.29) is 29.1 Å². The Labute approximate surface area is 133 Å². The number of carbonyl (C=O) groups excluding carboxylic acids is 1. The van der Waals surface area contributed by atoms with E-state index >= 15 is 0 Å². The van der Waals surface area contributed by atoms with E-state index in [2.05, 4.69) is 18.6 Å². The first-order valence-corrected chi connectivity index (χ1v) is 9.98. The predicted molar refractivity (Wildman–Crippen MR) is 83.9 cm³/mol. The standard InChI is InChI=1S/C16H27NO4S/c1-11(13-5-4-8-21-13)17-22(19,20)10-16-7-6-12(9-14(16)18)15(16,2)3/h11-13,17H,4-10H2,1-3H3/t11-,12-,13+,16-/m0/s1. The zero-order chi connectivity index (χ0) is 16.2.